The average molecular weight is 329 g/mol. The molecule has 106 valence electrons. The zero-order chi connectivity index (χ0) is 13.4. The minimum absolute atomic E-state index is 0.170. The molecule has 3 unspecified atom stereocenters. The van der Waals surface area contributed by atoms with E-state index < -0.39 is 0 Å². The lowest BCUT2D eigenvalue weighted by Gasteiger charge is -2.38. The largest absolute Gasteiger partial charge is 0.373 e. The van der Waals surface area contributed by atoms with Crippen molar-refractivity contribution in [2.75, 3.05) is 26.7 Å². The van der Waals surface area contributed by atoms with Gasteiger partial charge in [-0.25, -0.2) is 0 Å². The number of fused-ring (bicyclic) bond motifs is 1. The van der Waals surface area contributed by atoms with Crippen LogP contribution in [0.1, 0.15) is 24.6 Å². The van der Waals surface area contributed by atoms with Crippen LogP contribution in [-0.4, -0.2) is 53.6 Å². The molecule has 6 heteroatoms. The van der Waals surface area contributed by atoms with Crippen LogP contribution >= 0.6 is 15.9 Å². The Bertz CT molecular complexity index is 430. The summed E-state index contributed by atoms with van der Waals surface area (Å²) in [5.41, 5.74) is 1.16. The van der Waals surface area contributed by atoms with Gasteiger partial charge >= 0.3 is 0 Å². The Hall–Kier alpha value is -0.430. The number of ether oxygens (including phenoxy) is 1. The van der Waals surface area contributed by atoms with Gasteiger partial charge in [-0.3, -0.25) is 9.58 Å². The Labute approximate surface area is 122 Å². The van der Waals surface area contributed by atoms with Crippen LogP contribution in [-0.2, 0) is 11.8 Å². The van der Waals surface area contributed by atoms with Gasteiger partial charge in [0.15, 0.2) is 0 Å². The monoisotopic (exact) mass is 328 g/mol. The van der Waals surface area contributed by atoms with Crippen LogP contribution in [0.2, 0.25) is 0 Å². The topological polar surface area (TPSA) is 42.3 Å². The van der Waals surface area contributed by atoms with Gasteiger partial charge in [0.2, 0.25) is 0 Å². The van der Waals surface area contributed by atoms with Gasteiger partial charge in [-0.1, -0.05) is 0 Å². The van der Waals surface area contributed by atoms with Crippen LogP contribution in [0.4, 0.5) is 0 Å². The van der Waals surface area contributed by atoms with Crippen molar-refractivity contribution in [3.63, 3.8) is 0 Å². The number of likely N-dealkylation sites (N-methyl/N-ethyl adjacent to an activating group) is 1. The Balaban J connectivity index is 1.79. The molecule has 0 saturated carbocycles. The van der Waals surface area contributed by atoms with Crippen LogP contribution in [0, 0.1) is 0 Å². The number of aryl methyl sites for hydroxylation is 1. The maximum absolute atomic E-state index is 6.11. The molecule has 1 aromatic rings. The van der Waals surface area contributed by atoms with Crippen molar-refractivity contribution < 1.29 is 4.74 Å². The van der Waals surface area contributed by atoms with Gasteiger partial charge in [0.25, 0.3) is 0 Å². The number of morpholine rings is 1. The summed E-state index contributed by atoms with van der Waals surface area (Å²) in [6.07, 6.45) is 4.62. The molecule has 0 aliphatic carbocycles. The Morgan fingerprint density at radius 2 is 2.42 bits per heavy atom. The minimum Gasteiger partial charge on any atom is -0.373 e. The molecule has 19 heavy (non-hydrogen) atoms. The molecule has 1 N–H and O–H groups in total. The Morgan fingerprint density at radius 1 is 1.58 bits per heavy atom. The maximum atomic E-state index is 6.11. The molecule has 2 fully saturated rings. The highest BCUT2D eigenvalue weighted by Gasteiger charge is 2.37. The number of aromatic nitrogens is 2. The van der Waals surface area contributed by atoms with E-state index in [-0.39, 0.29) is 12.1 Å². The van der Waals surface area contributed by atoms with E-state index in [1.165, 1.54) is 19.4 Å². The molecule has 2 aliphatic heterocycles. The molecule has 2 aliphatic rings. The van der Waals surface area contributed by atoms with E-state index in [1.54, 1.807) is 0 Å². The fourth-order valence-electron chi connectivity index (χ4n) is 3.31. The molecule has 0 amide bonds. The number of halogens is 1. The molecule has 3 atom stereocenters. The smallest absolute Gasteiger partial charge is 0.0912 e. The molecule has 0 radical (unpaired) electrons. The highest BCUT2D eigenvalue weighted by atomic mass is 79.9. The van der Waals surface area contributed by atoms with E-state index in [0.717, 1.165) is 23.3 Å². The second-order valence-corrected chi connectivity index (χ2v) is 6.28. The first kappa shape index (κ1) is 13.5. The summed E-state index contributed by atoms with van der Waals surface area (Å²) in [7, 11) is 3.97. The molecule has 0 aromatic carbocycles. The van der Waals surface area contributed by atoms with E-state index in [0.29, 0.717) is 6.04 Å². The summed E-state index contributed by atoms with van der Waals surface area (Å²) in [6.45, 7) is 3.08. The van der Waals surface area contributed by atoms with Crippen molar-refractivity contribution >= 4 is 15.9 Å². The summed E-state index contributed by atoms with van der Waals surface area (Å²) in [5.74, 6) is 0. The third-order valence-electron chi connectivity index (χ3n) is 4.33. The van der Waals surface area contributed by atoms with Crippen molar-refractivity contribution in [2.45, 2.75) is 31.0 Å². The number of hydrogen-bond donors (Lipinski definition) is 1. The lowest BCUT2D eigenvalue weighted by molar-refractivity contribution is -0.0654. The van der Waals surface area contributed by atoms with E-state index in [2.05, 4.69) is 31.2 Å². The predicted molar refractivity (Wildman–Crippen MR) is 77.0 cm³/mol. The first-order chi connectivity index (χ1) is 9.20. The van der Waals surface area contributed by atoms with Crippen LogP contribution in [0.3, 0.4) is 0 Å². The van der Waals surface area contributed by atoms with Crippen LogP contribution < -0.4 is 5.32 Å². The maximum Gasteiger partial charge on any atom is 0.0912 e. The molecule has 0 bridgehead atoms. The van der Waals surface area contributed by atoms with E-state index >= 15 is 0 Å². The lowest BCUT2D eigenvalue weighted by Crippen LogP contribution is -2.50. The highest BCUT2D eigenvalue weighted by Crippen LogP contribution is 2.31. The number of nitrogens with one attached hydrogen (secondary N) is 1. The van der Waals surface area contributed by atoms with Crippen LogP contribution in [0.5, 0.6) is 0 Å². The van der Waals surface area contributed by atoms with Crippen molar-refractivity contribution in [1.29, 1.82) is 0 Å². The third-order valence-corrected chi connectivity index (χ3v) is 4.94. The fourth-order valence-corrected chi connectivity index (χ4v) is 3.91. The summed E-state index contributed by atoms with van der Waals surface area (Å²) < 4.78 is 9.08. The van der Waals surface area contributed by atoms with Crippen molar-refractivity contribution in [1.82, 2.24) is 20.0 Å². The summed E-state index contributed by atoms with van der Waals surface area (Å²) in [4.78, 5) is 2.57. The van der Waals surface area contributed by atoms with Gasteiger partial charge < -0.3 is 10.1 Å². The summed E-state index contributed by atoms with van der Waals surface area (Å²) >= 11 is 3.59. The third kappa shape index (κ3) is 2.46. The van der Waals surface area contributed by atoms with Gasteiger partial charge in [-0.05, 0) is 42.4 Å². The normalized spacial score (nSPS) is 29.4. The van der Waals surface area contributed by atoms with Crippen molar-refractivity contribution in [3.05, 3.63) is 16.4 Å². The second-order valence-electron chi connectivity index (χ2n) is 5.43. The minimum atomic E-state index is 0.170. The van der Waals surface area contributed by atoms with Crippen LogP contribution in [0.25, 0.3) is 0 Å². The molecule has 5 nitrogen and oxygen atoms in total. The number of nitrogens with zero attached hydrogens (tertiary/aromatic N) is 3. The molecule has 3 rings (SSSR count). The molecule has 1 aromatic heterocycles. The van der Waals surface area contributed by atoms with Gasteiger partial charge in [0.05, 0.1) is 35.1 Å². The number of rotatable bonds is 3. The summed E-state index contributed by atoms with van der Waals surface area (Å²) in [5, 5.41) is 7.70. The van der Waals surface area contributed by atoms with Crippen LogP contribution in [0.15, 0.2) is 10.7 Å². The molecule has 0 spiro atoms. The fraction of sp³-hybridized carbons (Fsp3) is 0.769. The zero-order valence-electron chi connectivity index (χ0n) is 11.5. The molecule has 2 saturated heterocycles. The Morgan fingerprint density at radius 3 is 3.11 bits per heavy atom. The molecular formula is C13H21BrN4O. The lowest BCUT2D eigenvalue weighted by atomic mass is 10.0. The van der Waals surface area contributed by atoms with E-state index in [4.69, 9.17) is 4.74 Å². The molecular weight excluding hydrogens is 308 g/mol. The number of hydrogen-bond acceptors (Lipinski definition) is 4. The quantitative estimate of drug-likeness (QED) is 0.908. The summed E-state index contributed by atoms with van der Waals surface area (Å²) in [6, 6.07) is 0.812. The van der Waals surface area contributed by atoms with E-state index in [9.17, 15) is 0 Å². The predicted octanol–water partition coefficient (Wildman–Crippen LogP) is 1.31. The average Bonchev–Trinajstić information content (AvgIpc) is 3.00. The van der Waals surface area contributed by atoms with Gasteiger partial charge in [0.1, 0.15) is 0 Å². The standard InChI is InChI=1S/C13H21BrN4O/c1-15-12(13-10(14)6-16-17(13)2)11-7-18-5-3-4-9(18)8-19-11/h6,9,11-12,15H,3-5,7-8H2,1-2H3. The van der Waals surface area contributed by atoms with Crippen molar-refractivity contribution in [2.24, 2.45) is 7.05 Å². The van der Waals surface area contributed by atoms with Gasteiger partial charge in [-0.15, -0.1) is 0 Å². The molecule has 3 heterocycles. The van der Waals surface area contributed by atoms with E-state index in [1.807, 2.05) is 25.0 Å². The highest BCUT2D eigenvalue weighted by molar-refractivity contribution is 9.10. The Kier molecular flexibility index (Phi) is 3.93. The SMILES string of the molecule is CNC(c1c(Br)cnn1C)C1CN2CCCC2CO1. The first-order valence-corrected chi connectivity index (χ1v) is 7.70. The van der Waals surface area contributed by atoms with Gasteiger partial charge in [-0.2, -0.15) is 5.10 Å². The van der Waals surface area contributed by atoms with Gasteiger partial charge in [0, 0.05) is 19.6 Å². The van der Waals surface area contributed by atoms with Crippen molar-refractivity contribution in [3.8, 4) is 0 Å². The zero-order valence-corrected chi connectivity index (χ0v) is 13.1. The first-order valence-electron chi connectivity index (χ1n) is 6.91. The second kappa shape index (κ2) is 5.52.